The van der Waals surface area contributed by atoms with Crippen molar-refractivity contribution in [2.75, 3.05) is 6.54 Å². The second-order valence-corrected chi connectivity index (χ2v) is 6.08. The number of aliphatic hydroxyl groups excluding tert-OH is 1. The Labute approximate surface area is 114 Å². The van der Waals surface area contributed by atoms with Gasteiger partial charge in [0.2, 0.25) is 5.91 Å². The lowest BCUT2D eigenvalue weighted by atomic mass is 9.88. The second-order valence-electron chi connectivity index (χ2n) is 6.08. The highest BCUT2D eigenvalue weighted by Gasteiger charge is 2.36. The summed E-state index contributed by atoms with van der Waals surface area (Å²) in [6, 6.07) is 2.05. The number of likely N-dealkylation sites (tertiary alicyclic amines) is 1. The van der Waals surface area contributed by atoms with Crippen molar-refractivity contribution >= 4 is 5.91 Å². The summed E-state index contributed by atoms with van der Waals surface area (Å²) in [6.45, 7) is 4.76. The average Bonchev–Trinajstić information content (AvgIpc) is 2.80. The van der Waals surface area contributed by atoms with Crippen molar-refractivity contribution in [3.05, 3.63) is 24.0 Å². The van der Waals surface area contributed by atoms with E-state index >= 15 is 0 Å². The fourth-order valence-corrected chi connectivity index (χ4v) is 2.92. The van der Waals surface area contributed by atoms with Crippen LogP contribution in [0.15, 0.2) is 18.5 Å². The Hall–Kier alpha value is -1.29. The van der Waals surface area contributed by atoms with E-state index < -0.39 is 0 Å². The van der Waals surface area contributed by atoms with Crippen LogP contribution in [-0.2, 0) is 11.2 Å². The van der Waals surface area contributed by atoms with Crippen LogP contribution in [0.1, 0.15) is 45.1 Å². The average molecular weight is 264 g/mol. The number of hydrogen-bond acceptors (Lipinski definition) is 2. The molecule has 4 nitrogen and oxygen atoms in total. The molecule has 1 atom stereocenters. The number of carbonyl (C=O) groups is 1. The predicted molar refractivity (Wildman–Crippen MR) is 74.8 cm³/mol. The standard InChI is InChI=1S/C15H24N2O2/c1-15(2)10-13(18)7-9-17(15)14(19)5-3-4-12-6-8-16-11-12/h6,8,11,13,16,18H,3-5,7,9-10H2,1-2H3. The summed E-state index contributed by atoms with van der Waals surface area (Å²) >= 11 is 0. The van der Waals surface area contributed by atoms with Crippen LogP contribution in [-0.4, -0.2) is 39.1 Å². The van der Waals surface area contributed by atoms with Crippen LogP contribution in [0.2, 0.25) is 0 Å². The van der Waals surface area contributed by atoms with E-state index in [0.717, 1.165) is 12.8 Å². The number of H-pyrrole nitrogens is 1. The lowest BCUT2D eigenvalue weighted by Crippen LogP contribution is -2.54. The smallest absolute Gasteiger partial charge is 0.223 e. The Morgan fingerprint density at radius 1 is 1.58 bits per heavy atom. The van der Waals surface area contributed by atoms with Gasteiger partial charge in [0, 0.05) is 30.9 Å². The van der Waals surface area contributed by atoms with E-state index in [1.54, 1.807) is 0 Å². The molecular formula is C15H24N2O2. The zero-order chi connectivity index (χ0) is 13.9. The molecule has 1 saturated heterocycles. The van der Waals surface area contributed by atoms with E-state index in [1.807, 2.05) is 37.2 Å². The highest BCUT2D eigenvalue weighted by Crippen LogP contribution is 2.28. The maximum Gasteiger partial charge on any atom is 0.223 e. The highest BCUT2D eigenvalue weighted by atomic mass is 16.3. The van der Waals surface area contributed by atoms with E-state index in [4.69, 9.17) is 0 Å². The molecule has 2 N–H and O–H groups in total. The van der Waals surface area contributed by atoms with E-state index in [2.05, 4.69) is 4.98 Å². The third-order valence-corrected chi connectivity index (χ3v) is 3.97. The molecule has 0 saturated carbocycles. The number of aromatic amines is 1. The molecule has 4 heteroatoms. The summed E-state index contributed by atoms with van der Waals surface area (Å²) in [6.07, 6.45) is 7.41. The number of rotatable bonds is 4. The van der Waals surface area contributed by atoms with Crippen LogP contribution in [0, 0.1) is 0 Å². The normalized spacial score (nSPS) is 22.5. The molecule has 19 heavy (non-hydrogen) atoms. The van der Waals surface area contributed by atoms with Gasteiger partial charge in [0.25, 0.3) is 0 Å². The van der Waals surface area contributed by atoms with Gasteiger partial charge in [0.05, 0.1) is 6.10 Å². The third-order valence-electron chi connectivity index (χ3n) is 3.97. The monoisotopic (exact) mass is 264 g/mol. The molecule has 1 unspecified atom stereocenters. The van der Waals surface area contributed by atoms with E-state index in [1.165, 1.54) is 5.56 Å². The number of amides is 1. The largest absolute Gasteiger partial charge is 0.393 e. The summed E-state index contributed by atoms with van der Waals surface area (Å²) in [5.74, 6) is 0.215. The summed E-state index contributed by atoms with van der Waals surface area (Å²) in [5.41, 5.74) is 1.03. The Morgan fingerprint density at radius 2 is 2.37 bits per heavy atom. The Bertz CT molecular complexity index is 412. The van der Waals surface area contributed by atoms with Gasteiger partial charge in [0.15, 0.2) is 0 Å². The summed E-state index contributed by atoms with van der Waals surface area (Å²) < 4.78 is 0. The zero-order valence-electron chi connectivity index (χ0n) is 11.9. The quantitative estimate of drug-likeness (QED) is 0.875. The van der Waals surface area contributed by atoms with Crippen LogP contribution in [0.4, 0.5) is 0 Å². The van der Waals surface area contributed by atoms with Crippen LogP contribution < -0.4 is 0 Å². The topological polar surface area (TPSA) is 56.3 Å². The highest BCUT2D eigenvalue weighted by molar-refractivity contribution is 5.77. The lowest BCUT2D eigenvalue weighted by molar-refractivity contribution is -0.141. The molecule has 0 aliphatic carbocycles. The maximum atomic E-state index is 12.3. The number of aliphatic hydroxyl groups is 1. The Kier molecular flexibility index (Phi) is 4.30. The van der Waals surface area contributed by atoms with Gasteiger partial charge in [-0.1, -0.05) is 0 Å². The van der Waals surface area contributed by atoms with Crippen molar-refractivity contribution in [2.24, 2.45) is 0 Å². The molecular weight excluding hydrogens is 240 g/mol. The minimum absolute atomic E-state index is 0.215. The molecule has 2 heterocycles. The SMILES string of the molecule is CC1(C)CC(O)CCN1C(=O)CCCc1cc[nH]c1. The number of carbonyl (C=O) groups excluding carboxylic acids is 1. The van der Waals surface area contributed by atoms with Gasteiger partial charge < -0.3 is 15.0 Å². The number of nitrogens with zero attached hydrogens (tertiary/aromatic N) is 1. The van der Waals surface area contributed by atoms with Crippen LogP contribution >= 0.6 is 0 Å². The van der Waals surface area contributed by atoms with Gasteiger partial charge in [-0.05, 0) is 51.2 Å². The minimum Gasteiger partial charge on any atom is -0.393 e. The van der Waals surface area contributed by atoms with Crippen molar-refractivity contribution < 1.29 is 9.90 Å². The Morgan fingerprint density at radius 3 is 3.00 bits per heavy atom. The molecule has 1 fully saturated rings. The minimum atomic E-state index is -0.265. The van der Waals surface area contributed by atoms with E-state index in [9.17, 15) is 9.90 Å². The molecule has 106 valence electrons. The molecule has 1 amide bonds. The van der Waals surface area contributed by atoms with Crippen molar-refractivity contribution in [1.29, 1.82) is 0 Å². The molecule has 2 rings (SSSR count). The van der Waals surface area contributed by atoms with Gasteiger partial charge in [-0.25, -0.2) is 0 Å². The van der Waals surface area contributed by atoms with Gasteiger partial charge in [-0.15, -0.1) is 0 Å². The third kappa shape index (κ3) is 3.60. The molecule has 0 radical (unpaired) electrons. The van der Waals surface area contributed by atoms with E-state index in [-0.39, 0.29) is 17.6 Å². The first-order valence-corrected chi connectivity index (χ1v) is 7.09. The molecule has 1 aliphatic rings. The first kappa shape index (κ1) is 14.1. The second kappa shape index (κ2) is 5.78. The predicted octanol–water partition coefficient (Wildman–Crippen LogP) is 2.10. The zero-order valence-corrected chi connectivity index (χ0v) is 11.9. The van der Waals surface area contributed by atoms with Gasteiger partial charge in [0.1, 0.15) is 0 Å². The number of piperidine rings is 1. The number of hydrogen-bond donors (Lipinski definition) is 2. The molecule has 1 aromatic rings. The first-order chi connectivity index (χ1) is 8.99. The molecule has 1 aromatic heterocycles. The first-order valence-electron chi connectivity index (χ1n) is 7.09. The number of aromatic nitrogens is 1. The summed E-state index contributed by atoms with van der Waals surface area (Å²) in [5, 5.41) is 9.70. The van der Waals surface area contributed by atoms with Crippen LogP contribution in [0.5, 0.6) is 0 Å². The molecule has 1 aliphatic heterocycles. The van der Waals surface area contributed by atoms with Crippen molar-refractivity contribution in [1.82, 2.24) is 9.88 Å². The number of aryl methyl sites for hydroxylation is 1. The van der Waals surface area contributed by atoms with E-state index in [0.29, 0.717) is 25.8 Å². The van der Waals surface area contributed by atoms with Crippen molar-refractivity contribution in [3.8, 4) is 0 Å². The molecule has 0 bridgehead atoms. The van der Waals surface area contributed by atoms with Crippen LogP contribution in [0.3, 0.4) is 0 Å². The van der Waals surface area contributed by atoms with Crippen LogP contribution in [0.25, 0.3) is 0 Å². The van der Waals surface area contributed by atoms with Gasteiger partial charge in [-0.3, -0.25) is 4.79 Å². The summed E-state index contributed by atoms with van der Waals surface area (Å²) in [4.78, 5) is 17.3. The van der Waals surface area contributed by atoms with Crippen molar-refractivity contribution in [2.45, 2.75) is 57.6 Å². The fraction of sp³-hybridized carbons (Fsp3) is 0.667. The fourth-order valence-electron chi connectivity index (χ4n) is 2.92. The maximum absolute atomic E-state index is 12.3. The molecule has 0 aromatic carbocycles. The van der Waals surface area contributed by atoms with Gasteiger partial charge >= 0.3 is 0 Å². The van der Waals surface area contributed by atoms with Gasteiger partial charge in [-0.2, -0.15) is 0 Å². The Balaban J connectivity index is 1.82. The molecule has 0 spiro atoms. The van der Waals surface area contributed by atoms with Crippen molar-refractivity contribution in [3.63, 3.8) is 0 Å². The number of nitrogens with one attached hydrogen (secondary N) is 1. The lowest BCUT2D eigenvalue weighted by Gasteiger charge is -2.44. The summed E-state index contributed by atoms with van der Waals surface area (Å²) in [7, 11) is 0.